The first kappa shape index (κ1) is 16.1. The van der Waals surface area contributed by atoms with E-state index in [0.717, 1.165) is 0 Å². The number of carbonyl (C=O) groups is 2. The second kappa shape index (κ2) is 7.00. The van der Waals surface area contributed by atoms with Gasteiger partial charge < -0.3 is 19.9 Å². The van der Waals surface area contributed by atoms with Gasteiger partial charge in [0, 0.05) is 5.56 Å². The predicted octanol–water partition coefficient (Wildman–Crippen LogP) is 1.95. The summed E-state index contributed by atoms with van der Waals surface area (Å²) in [4.78, 5) is 22.7. The van der Waals surface area contributed by atoms with Crippen molar-refractivity contribution in [3.63, 3.8) is 0 Å². The van der Waals surface area contributed by atoms with Gasteiger partial charge in [-0.05, 0) is 26.0 Å². The molecule has 0 radical (unpaired) electrons. The lowest BCUT2D eigenvalue weighted by atomic mass is 10.1. The lowest BCUT2D eigenvalue weighted by Gasteiger charge is -2.14. The van der Waals surface area contributed by atoms with Gasteiger partial charge >= 0.3 is 5.97 Å². The summed E-state index contributed by atoms with van der Waals surface area (Å²) in [6.45, 7) is 3.53. The van der Waals surface area contributed by atoms with Crippen LogP contribution >= 0.6 is 11.6 Å². The maximum Gasteiger partial charge on any atom is 0.325 e. The molecule has 1 atom stereocenters. The standard InChI is InChI=1S/C13H16ClNO5/c1-4-20-10-6-8(5-9(14)11(10)19-3)12(16)15-7(2)13(17)18/h5-7H,4H2,1-3H3,(H,15,16)(H,17,18). The van der Waals surface area contributed by atoms with Crippen molar-refractivity contribution < 1.29 is 24.2 Å². The number of ether oxygens (including phenoxy) is 2. The smallest absolute Gasteiger partial charge is 0.325 e. The van der Waals surface area contributed by atoms with Gasteiger partial charge in [0.15, 0.2) is 11.5 Å². The number of carboxylic acids is 1. The Hall–Kier alpha value is -1.95. The van der Waals surface area contributed by atoms with Gasteiger partial charge in [0.05, 0.1) is 18.7 Å². The van der Waals surface area contributed by atoms with Crippen molar-refractivity contribution in [2.45, 2.75) is 19.9 Å². The summed E-state index contributed by atoms with van der Waals surface area (Å²) in [7, 11) is 1.44. The molecule has 1 unspecified atom stereocenters. The molecule has 0 saturated carbocycles. The van der Waals surface area contributed by atoms with Crippen LogP contribution in [0.1, 0.15) is 24.2 Å². The fourth-order valence-electron chi connectivity index (χ4n) is 1.50. The molecule has 0 fully saturated rings. The molecule has 1 amide bonds. The number of aliphatic carboxylic acids is 1. The maximum atomic E-state index is 11.9. The lowest BCUT2D eigenvalue weighted by molar-refractivity contribution is -0.138. The van der Waals surface area contributed by atoms with Gasteiger partial charge in [-0.2, -0.15) is 0 Å². The molecule has 0 aromatic heterocycles. The monoisotopic (exact) mass is 301 g/mol. The van der Waals surface area contributed by atoms with E-state index in [-0.39, 0.29) is 10.6 Å². The zero-order valence-corrected chi connectivity index (χ0v) is 12.2. The molecule has 0 bridgehead atoms. The van der Waals surface area contributed by atoms with Crippen LogP contribution in [0.5, 0.6) is 11.5 Å². The Morgan fingerprint density at radius 2 is 2.10 bits per heavy atom. The first-order valence-electron chi connectivity index (χ1n) is 5.94. The van der Waals surface area contributed by atoms with E-state index in [1.165, 1.54) is 26.2 Å². The highest BCUT2D eigenvalue weighted by Gasteiger charge is 2.19. The topological polar surface area (TPSA) is 84.9 Å². The molecule has 0 aliphatic rings. The minimum Gasteiger partial charge on any atom is -0.491 e. The molecule has 0 heterocycles. The van der Waals surface area contributed by atoms with E-state index >= 15 is 0 Å². The summed E-state index contributed by atoms with van der Waals surface area (Å²) >= 11 is 6.01. The third kappa shape index (κ3) is 3.77. The molecule has 20 heavy (non-hydrogen) atoms. The van der Waals surface area contributed by atoms with Crippen LogP contribution in [0.25, 0.3) is 0 Å². The lowest BCUT2D eigenvalue weighted by Crippen LogP contribution is -2.38. The molecule has 1 aromatic rings. The Morgan fingerprint density at radius 1 is 1.45 bits per heavy atom. The third-order valence-corrected chi connectivity index (χ3v) is 2.77. The first-order valence-corrected chi connectivity index (χ1v) is 6.32. The van der Waals surface area contributed by atoms with Crippen molar-refractivity contribution in [2.24, 2.45) is 0 Å². The zero-order valence-electron chi connectivity index (χ0n) is 11.4. The van der Waals surface area contributed by atoms with Crippen LogP contribution in [0.4, 0.5) is 0 Å². The molecular formula is C13H16ClNO5. The van der Waals surface area contributed by atoms with E-state index in [0.29, 0.717) is 18.1 Å². The van der Waals surface area contributed by atoms with E-state index < -0.39 is 17.9 Å². The number of benzene rings is 1. The van der Waals surface area contributed by atoms with E-state index in [4.69, 9.17) is 26.2 Å². The molecule has 2 N–H and O–H groups in total. The second-order valence-electron chi connectivity index (χ2n) is 3.96. The van der Waals surface area contributed by atoms with Crippen molar-refractivity contribution in [1.29, 1.82) is 0 Å². The van der Waals surface area contributed by atoms with Gasteiger partial charge in [-0.25, -0.2) is 0 Å². The summed E-state index contributed by atoms with van der Waals surface area (Å²) in [6.07, 6.45) is 0. The van der Waals surface area contributed by atoms with Gasteiger partial charge in [0.1, 0.15) is 6.04 Å². The highest BCUT2D eigenvalue weighted by molar-refractivity contribution is 6.32. The number of halogens is 1. The Kier molecular flexibility index (Phi) is 5.64. The average molecular weight is 302 g/mol. The average Bonchev–Trinajstić information content (AvgIpc) is 2.38. The van der Waals surface area contributed by atoms with Crippen molar-refractivity contribution in [3.05, 3.63) is 22.7 Å². The number of nitrogens with one attached hydrogen (secondary N) is 1. The quantitative estimate of drug-likeness (QED) is 0.839. The summed E-state index contributed by atoms with van der Waals surface area (Å²) in [5, 5.41) is 11.3. The fraction of sp³-hybridized carbons (Fsp3) is 0.385. The number of carboxylic acid groups (broad SMARTS) is 1. The van der Waals surface area contributed by atoms with Crippen LogP contribution in [0.2, 0.25) is 5.02 Å². The summed E-state index contributed by atoms with van der Waals surface area (Å²) in [5.74, 6) is -1.01. The molecule has 1 rings (SSSR count). The summed E-state index contributed by atoms with van der Waals surface area (Å²) in [6, 6.07) is 1.85. The Balaban J connectivity index is 3.07. The molecule has 1 aromatic carbocycles. The van der Waals surface area contributed by atoms with Crippen molar-refractivity contribution in [3.8, 4) is 11.5 Å². The fourth-order valence-corrected chi connectivity index (χ4v) is 1.79. The predicted molar refractivity (Wildman–Crippen MR) is 73.7 cm³/mol. The molecule has 0 spiro atoms. The number of hydrogen-bond donors (Lipinski definition) is 2. The van der Waals surface area contributed by atoms with Crippen LogP contribution in [0, 0.1) is 0 Å². The van der Waals surface area contributed by atoms with Gasteiger partial charge in [0.25, 0.3) is 5.91 Å². The summed E-state index contributed by atoms with van der Waals surface area (Å²) < 4.78 is 10.4. The zero-order chi connectivity index (χ0) is 15.3. The van der Waals surface area contributed by atoms with Crippen molar-refractivity contribution >= 4 is 23.5 Å². The van der Waals surface area contributed by atoms with Crippen molar-refractivity contribution in [1.82, 2.24) is 5.32 Å². The van der Waals surface area contributed by atoms with Crippen LogP contribution in [-0.4, -0.2) is 36.7 Å². The van der Waals surface area contributed by atoms with E-state index in [1.807, 2.05) is 0 Å². The number of hydrogen-bond acceptors (Lipinski definition) is 4. The number of rotatable bonds is 6. The summed E-state index contributed by atoms with van der Waals surface area (Å²) in [5.41, 5.74) is 0.201. The molecule has 0 saturated heterocycles. The third-order valence-electron chi connectivity index (χ3n) is 2.49. The van der Waals surface area contributed by atoms with Crippen LogP contribution in [-0.2, 0) is 4.79 Å². The van der Waals surface area contributed by atoms with Crippen LogP contribution < -0.4 is 14.8 Å². The normalized spacial score (nSPS) is 11.6. The Labute approximate surface area is 121 Å². The molecule has 6 nitrogen and oxygen atoms in total. The van der Waals surface area contributed by atoms with E-state index in [9.17, 15) is 9.59 Å². The molecule has 7 heteroatoms. The first-order chi connectivity index (χ1) is 9.40. The van der Waals surface area contributed by atoms with E-state index in [1.54, 1.807) is 6.92 Å². The van der Waals surface area contributed by atoms with Gasteiger partial charge in [-0.3, -0.25) is 9.59 Å². The Bertz CT molecular complexity index is 518. The second-order valence-corrected chi connectivity index (χ2v) is 4.36. The Morgan fingerprint density at radius 3 is 2.60 bits per heavy atom. The minimum absolute atomic E-state index is 0.201. The highest BCUT2D eigenvalue weighted by atomic mass is 35.5. The number of carbonyl (C=O) groups excluding carboxylic acids is 1. The number of methoxy groups -OCH3 is 1. The van der Waals surface area contributed by atoms with Crippen LogP contribution in [0.15, 0.2) is 12.1 Å². The van der Waals surface area contributed by atoms with Crippen molar-refractivity contribution in [2.75, 3.05) is 13.7 Å². The maximum absolute atomic E-state index is 11.9. The molecule has 0 aliphatic heterocycles. The molecule has 0 aliphatic carbocycles. The minimum atomic E-state index is -1.12. The van der Waals surface area contributed by atoms with Gasteiger partial charge in [0.2, 0.25) is 0 Å². The molecule has 110 valence electrons. The SMILES string of the molecule is CCOc1cc(C(=O)NC(C)C(=O)O)cc(Cl)c1OC. The highest BCUT2D eigenvalue weighted by Crippen LogP contribution is 2.36. The molecular weight excluding hydrogens is 286 g/mol. The van der Waals surface area contributed by atoms with Gasteiger partial charge in [-0.15, -0.1) is 0 Å². The van der Waals surface area contributed by atoms with Gasteiger partial charge in [-0.1, -0.05) is 11.6 Å². The largest absolute Gasteiger partial charge is 0.491 e. The van der Waals surface area contributed by atoms with Crippen LogP contribution in [0.3, 0.4) is 0 Å². The van der Waals surface area contributed by atoms with E-state index in [2.05, 4.69) is 5.32 Å². The number of amides is 1.